The van der Waals surface area contributed by atoms with Gasteiger partial charge in [0, 0.05) is 5.92 Å². The van der Waals surface area contributed by atoms with Crippen molar-refractivity contribution in [1.82, 2.24) is 9.97 Å². The minimum Gasteiger partial charge on any atom is -0.310 e. The predicted octanol–water partition coefficient (Wildman–Crippen LogP) is 3.21. The highest BCUT2D eigenvalue weighted by Gasteiger charge is 2.22. The maximum Gasteiger partial charge on any atom is 0.228 e. The smallest absolute Gasteiger partial charge is 0.228 e. The van der Waals surface area contributed by atoms with E-state index >= 15 is 0 Å². The molecule has 1 aliphatic carbocycles. The first-order chi connectivity index (χ1) is 8.84. The van der Waals surface area contributed by atoms with Crippen molar-refractivity contribution in [2.24, 2.45) is 5.92 Å². The van der Waals surface area contributed by atoms with E-state index in [0.717, 1.165) is 35.9 Å². The van der Waals surface area contributed by atoms with E-state index in [1.807, 2.05) is 11.4 Å². The van der Waals surface area contributed by atoms with Gasteiger partial charge in [-0.05, 0) is 24.3 Å². The summed E-state index contributed by atoms with van der Waals surface area (Å²) in [5.74, 6) is 0.917. The molecule has 0 aliphatic heterocycles. The molecule has 0 aromatic carbocycles. The van der Waals surface area contributed by atoms with Gasteiger partial charge < -0.3 is 5.32 Å². The topological polar surface area (TPSA) is 54.9 Å². The molecule has 3 rings (SSSR count). The van der Waals surface area contributed by atoms with E-state index in [0.29, 0.717) is 5.82 Å². The molecule has 2 heterocycles. The Labute approximate surface area is 109 Å². The molecular weight excluding hydrogens is 246 g/mol. The van der Waals surface area contributed by atoms with E-state index < -0.39 is 0 Å². The number of nitrogens with zero attached hydrogens (tertiary/aromatic N) is 2. The maximum absolute atomic E-state index is 12.2. The predicted molar refractivity (Wildman–Crippen MR) is 72.6 cm³/mol. The lowest BCUT2D eigenvalue weighted by atomic mass is 9.89. The van der Waals surface area contributed by atoms with E-state index in [1.54, 1.807) is 11.3 Å². The van der Waals surface area contributed by atoms with Crippen LogP contribution in [0.15, 0.2) is 17.8 Å². The van der Waals surface area contributed by atoms with Gasteiger partial charge in [-0.1, -0.05) is 19.3 Å². The van der Waals surface area contributed by atoms with Crippen molar-refractivity contribution in [3.05, 3.63) is 17.8 Å². The molecule has 18 heavy (non-hydrogen) atoms. The van der Waals surface area contributed by atoms with Gasteiger partial charge in [0.1, 0.15) is 17.0 Å². The number of carbonyl (C=O) groups is 1. The van der Waals surface area contributed by atoms with Crippen LogP contribution in [0, 0.1) is 5.92 Å². The molecule has 0 unspecified atom stereocenters. The van der Waals surface area contributed by atoms with Crippen LogP contribution in [-0.4, -0.2) is 15.9 Å². The summed E-state index contributed by atoms with van der Waals surface area (Å²) in [6, 6.07) is 1.95. The molecule has 1 fully saturated rings. The van der Waals surface area contributed by atoms with Crippen LogP contribution in [-0.2, 0) is 4.79 Å². The SMILES string of the molecule is O=C(Nc1ncnc2sccc12)C1CCCCC1. The molecule has 0 saturated heterocycles. The first-order valence-electron chi connectivity index (χ1n) is 6.33. The Hall–Kier alpha value is -1.49. The zero-order valence-corrected chi connectivity index (χ0v) is 10.9. The fraction of sp³-hybridized carbons (Fsp3) is 0.462. The lowest BCUT2D eigenvalue weighted by Crippen LogP contribution is -2.25. The van der Waals surface area contributed by atoms with Gasteiger partial charge in [0.15, 0.2) is 0 Å². The van der Waals surface area contributed by atoms with Gasteiger partial charge >= 0.3 is 0 Å². The van der Waals surface area contributed by atoms with Crippen LogP contribution in [0.2, 0.25) is 0 Å². The molecule has 1 aliphatic rings. The Kier molecular flexibility index (Phi) is 3.23. The zero-order valence-electron chi connectivity index (χ0n) is 10.1. The number of rotatable bonds is 2. The quantitative estimate of drug-likeness (QED) is 0.903. The lowest BCUT2D eigenvalue weighted by Gasteiger charge is -2.20. The van der Waals surface area contributed by atoms with Crippen LogP contribution in [0.5, 0.6) is 0 Å². The molecule has 2 aromatic heterocycles. The number of carbonyl (C=O) groups excluding carboxylic acids is 1. The number of amides is 1. The molecule has 0 spiro atoms. The minimum absolute atomic E-state index is 0.112. The maximum atomic E-state index is 12.2. The van der Waals surface area contributed by atoms with Crippen molar-refractivity contribution in [2.45, 2.75) is 32.1 Å². The van der Waals surface area contributed by atoms with Gasteiger partial charge in [-0.25, -0.2) is 9.97 Å². The summed E-state index contributed by atoms with van der Waals surface area (Å²) < 4.78 is 0. The Bertz CT molecular complexity index is 560. The second-order valence-electron chi connectivity index (χ2n) is 4.69. The summed E-state index contributed by atoms with van der Waals surface area (Å²) >= 11 is 1.56. The number of fused-ring (bicyclic) bond motifs is 1. The highest BCUT2D eigenvalue weighted by Crippen LogP contribution is 2.27. The van der Waals surface area contributed by atoms with Crippen molar-refractivity contribution in [1.29, 1.82) is 0 Å². The van der Waals surface area contributed by atoms with Crippen LogP contribution < -0.4 is 5.32 Å². The van der Waals surface area contributed by atoms with E-state index in [9.17, 15) is 4.79 Å². The Morgan fingerprint density at radius 2 is 2.11 bits per heavy atom. The van der Waals surface area contributed by atoms with E-state index in [2.05, 4.69) is 15.3 Å². The van der Waals surface area contributed by atoms with Crippen molar-refractivity contribution in [2.75, 3.05) is 5.32 Å². The molecule has 1 amide bonds. The summed E-state index contributed by atoms with van der Waals surface area (Å²) in [5, 5.41) is 5.86. The number of aromatic nitrogens is 2. The highest BCUT2D eigenvalue weighted by molar-refractivity contribution is 7.16. The Balaban J connectivity index is 1.79. The zero-order chi connectivity index (χ0) is 12.4. The third-order valence-electron chi connectivity index (χ3n) is 3.48. The molecule has 2 aromatic rings. The number of thiophene rings is 1. The standard InChI is InChI=1S/C13H15N3OS/c17-12(9-4-2-1-3-5-9)16-11-10-6-7-18-13(10)15-8-14-11/h6-9H,1-5H2,(H,14,15,16,17). The second-order valence-corrected chi connectivity index (χ2v) is 5.58. The number of hydrogen-bond donors (Lipinski definition) is 1. The summed E-state index contributed by atoms with van der Waals surface area (Å²) in [6.07, 6.45) is 7.10. The number of hydrogen-bond acceptors (Lipinski definition) is 4. The molecular formula is C13H15N3OS. The van der Waals surface area contributed by atoms with Gasteiger partial charge in [-0.2, -0.15) is 0 Å². The summed E-state index contributed by atoms with van der Waals surface area (Å²) in [7, 11) is 0. The summed E-state index contributed by atoms with van der Waals surface area (Å²) in [5.41, 5.74) is 0. The molecule has 0 radical (unpaired) electrons. The van der Waals surface area contributed by atoms with E-state index in [4.69, 9.17) is 0 Å². The van der Waals surface area contributed by atoms with Crippen LogP contribution >= 0.6 is 11.3 Å². The normalized spacial score (nSPS) is 16.9. The molecule has 0 atom stereocenters. The van der Waals surface area contributed by atoms with Crippen molar-refractivity contribution in [3.63, 3.8) is 0 Å². The summed E-state index contributed by atoms with van der Waals surface area (Å²) in [4.78, 5) is 21.4. The minimum atomic E-state index is 0.112. The average molecular weight is 261 g/mol. The van der Waals surface area contributed by atoms with Gasteiger partial charge in [-0.15, -0.1) is 11.3 Å². The Morgan fingerprint density at radius 3 is 2.94 bits per heavy atom. The average Bonchev–Trinajstić information content (AvgIpc) is 2.89. The second kappa shape index (κ2) is 5.02. The first kappa shape index (κ1) is 11.6. The van der Waals surface area contributed by atoms with Crippen molar-refractivity contribution < 1.29 is 4.79 Å². The third-order valence-corrected chi connectivity index (χ3v) is 4.30. The summed E-state index contributed by atoms with van der Waals surface area (Å²) in [6.45, 7) is 0. The van der Waals surface area contributed by atoms with Crippen LogP contribution in [0.25, 0.3) is 10.2 Å². The first-order valence-corrected chi connectivity index (χ1v) is 7.21. The highest BCUT2D eigenvalue weighted by atomic mass is 32.1. The third kappa shape index (κ3) is 2.22. The monoisotopic (exact) mass is 261 g/mol. The van der Waals surface area contributed by atoms with E-state index in [1.165, 1.54) is 12.7 Å². The van der Waals surface area contributed by atoms with Crippen LogP contribution in [0.4, 0.5) is 5.82 Å². The number of nitrogens with one attached hydrogen (secondary N) is 1. The molecule has 4 nitrogen and oxygen atoms in total. The molecule has 1 N–H and O–H groups in total. The van der Waals surface area contributed by atoms with Crippen molar-refractivity contribution >= 4 is 33.3 Å². The molecule has 1 saturated carbocycles. The molecule has 5 heteroatoms. The van der Waals surface area contributed by atoms with Crippen LogP contribution in [0.3, 0.4) is 0 Å². The van der Waals surface area contributed by atoms with E-state index in [-0.39, 0.29) is 11.8 Å². The molecule has 0 bridgehead atoms. The number of anilines is 1. The fourth-order valence-corrected chi connectivity index (χ4v) is 3.21. The van der Waals surface area contributed by atoms with Gasteiger partial charge in [-0.3, -0.25) is 4.79 Å². The van der Waals surface area contributed by atoms with Gasteiger partial charge in [0.05, 0.1) is 5.39 Å². The lowest BCUT2D eigenvalue weighted by molar-refractivity contribution is -0.120. The Morgan fingerprint density at radius 1 is 1.28 bits per heavy atom. The van der Waals surface area contributed by atoms with Crippen molar-refractivity contribution in [3.8, 4) is 0 Å². The van der Waals surface area contributed by atoms with Gasteiger partial charge in [0.2, 0.25) is 5.91 Å². The largest absolute Gasteiger partial charge is 0.310 e. The van der Waals surface area contributed by atoms with Crippen LogP contribution in [0.1, 0.15) is 32.1 Å². The molecule has 94 valence electrons. The van der Waals surface area contributed by atoms with Gasteiger partial charge in [0.25, 0.3) is 0 Å². The fourth-order valence-electron chi connectivity index (χ4n) is 2.47.